The summed E-state index contributed by atoms with van der Waals surface area (Å²) in [5, 5.41) is 6.46. The molecule has 0 aliphatic carbocycles. The van der Waals surface area contributed by atoms with Crippen molar-refractivity contribution in [3.05, 3.63) is 71.2 Å². The van der Waals surface area contributed by atoms with Crippen molar-refractivity contribution in [2.24, 2.45) is 0 Å². The van der Waals surface area contributed by atoms with E-state index in [9.17, 15) is 26.7 Å². The van der Waals surface area contributed by atoms with Crippen LogP contribution >= 0.6 is 0 Å². The maximum Gasteiger partial charge on any atom is 0.418 e. The van der Waals surface area contributed by atoms with Crippen molar-refractivity contribution < 1.29 is 35.9 Å². The molecule has 3 aromatic heterocycles. The highest BCUT2D eigenvalue weighted by atomic mass is 19.4. The molecule has 9 nitrogen and oxygen atoms in total. The van der Waals surface area contributed by atoms with E-state index in [2.05, 4.69) is 20.4 Å². The number of likely N-dealkylation sites (tertiary alicyclic amines) is 1. The normalized spacial score (nSPS) is 18.5. The number of nitrogens with two attached hydrogens (primary N) is 1. The summed E-state index contributed by atoms with van der Waals surface area (Å²) in [6.07, 6.45) is -4.12. The zero-order chi connectivity index (χ0) is 29.6. The molecule has 1 fully saturated rings. The van der Waals surface area contributed by atoms with Gasteiger partial charge in [-0.3, -0.25) is 9.69 Å². The molecule has 41 heavy (non-hydrogen) atoms. The first-order valence-corrected chi connectivity index (χ1v) is 12.3. The summed E-state index contributed by atoms with van der Waals surface area (Å²) in [6.45, 7) is 1.52. The lowest BCUT2D eigenvalue weighted by atomic mass is 10.1. The van der Waals surface area contributed by atoms with Gasteiger partial charge in [0.1, 0.15) is 35.2 Å². The number of benzene rings is 1. The average molecular weight is 580 g/mol. The van der Waals surface area contributed by atoms with Gasteiger partial charge in [0.15, 0.2) is 5.82 Å². The van der Waals surface area contributed by atoms with Crippen LogP contribution in [0.5, 0.6) is 5.88 Å². The van der Waals surface area contributed by atoms with Crippen LogP contribution in [0.4, 0.5) is 32.2 Å². The summed E-state index contributed by atoms with van der Waals surface area (Å²) < 4.78 is 90.0. The van der Waals surface area contributed by atoms with Crippen LogP contribution < -0.4 is 15.8 Å². The third kappa shape index (κ3) is 5.24. The van der Waals surface area contributed by atoms with Crippen LogP contribution in [-0.2, 0) is 6.18 Å². The number of nitrogens with zero attached hydrogens (tertiary/aromatic N) is 5. The molecule has 0 unspecified atom stereocenters. The van der Waals surface area contributed by atoms with E-state index in [0.717, 1.165) is 29.0 Å². The minimum absolute atomic E-state index is 0.00873. The van der Waals surface area contributed by atoms with Gasteiger partial charge in [0.05, 0.1) is 24.4 Å². The standard InChI is InChI=1S/C26H23F6N7O2/c1-12(15-4-3-14(27)6-18(15)28)38-9-19(29)20(10-38)37-24(40)16-5-13(8-34-25(16)41-2)21-7-17(26(30,31)32)22-23(33)35-11-36-39(21)22/h3-8,11-12,19-20H,9-10H2,1-2H3,(H,37,40)(H2,33,35,36)/t12-,19-,20+/m0/s1. The number of hydrogen-bond donors (Lipinski definition) is 2. The van der Waals surface area contributed by atoms with Crippen LogP contribution in [0.25, 0.3) is 16.8 Å². The number of carbonyl (C=O) groups excluding carboxylic acids is 1. The van der Waals surface area contributed by atoms with Gasteiger partial charge >= 0.3 is 6.18 Å². The third-order valence-electron chi connectivity index (χ3n) is 7.03. The first-order valence-electron chi connectivity index (χ1n) is 12.3. The van der Waals surface area contributed by atoms with E-state index in [0.29, 0.717) is 0 Å². The fourth-order valence-corrected chi connectivity index (χ4v) is 4.94. The molecular weight excluding hydrogens is 556 g/mol. The predicted molar refractivity (Wildman–Crippen MR) is 135 cm³/mol. The van der Waals surface area contributed by atoms with Crippen molar-refractivity contribution in [3.63, 3.8) is 0 Å². The van der Waals surface area contributed by atoms with Crippen LogP contribution in [0.1, 0.15) is 34.5 Å². The Morgan fingerprint density at radius 3 is 2.61 bits per heavy atom. The van der Waals surface area contributed by atoms with Gasteiger partial charge in [0.2, 0.25) is 5.88 Å². The molecule has 216 valence electrons. The summed E-state index contributed by atoms with van der Waals surface area (Å²) in [7, 11) is 1.25. The lowest BCUT2D eigenvalue weighted by Crippen LogP contribution is -2.41. The molecule has 3 atom stereocenters. The van der Waals surface area contributed by atoms with Crippen LogP contribution in [0.3, 0.4) is 0 Å². The molecule has 3 N–H and O–H groups in total. The minimum atomic E-state index is -4.78. The molecule has 0 saturated carbocycles. The molecule has 1 aliphatic heterocycles. The molecule has 4 heterocycles. The van der Waals surface area contributed by atoms with E-state index < -0.39 is 58.9 Å². The summed E-state index contributed by atoms with van der Waals surface area (Å²) in [4.78, 5) is 22.6. The van der Waals surface area contributed by atoms with Gasteiger partial charge in [0.25, 0.3) is 5.91 Å². The topological polar surface area (TPSA) is 111 Å². The average Bonchev–Trinajstić information content (AvgIpc) is 3.49. The number of hydrogen-bond acceptors (Lipinski definition) is 7. The number of nitrogens with one attached hydrogen (secondary N) is 1. The van der Waals surface area contributed by atoms with Gasteiger partial charge in [-0.1, -0.05) is 6.07 Å². The van der Waals surface area contributed by atoms with Crippen molar-refractivity contribution in [1.82, 2.24) is 29.8 Å². The molecule has 0 bridgehead atoms. The summed E-state index contributed by atoms with van der Waals surface area (Å²) in [5.74, 6) is -2.85. The predicted octanol–water partition coefficient (Wildman–Crippen LogP) is 4.19. The Morgan fingerprint density at radius 2 is 1.93 bits per heavy atom. The van der Waals surface area contributed by atoms with Crippen molar-refractivity contribution in [2.45, 2.75) is 31.4 Å². The summed E-state index contributed by atoms with van der Waals surface area (Å²) in [6, 6.07) is 3.56. The molecule has 1 aliphatic rings. The second-order valence-corrected chi connectivity index (χ2v) is 9.52. The Bertz CT molecular complexity index is 1630. The van der Waals surface area contributed by atoms with E-state index in [1.54, 1.807) is 11.8 Å². The van der Waals surface area contributed by atoms with Gasteiger partial charge in [-0.2, -0.15) is 18.3 Å². The Balaban J connectivity index is 1.43. The molecule has 15 heteroatoms. The second kappa shape index (κ2) is 10.5. The van der Waals surface area contributed by atoms with Gasteiger partial charge in [-0.15, -0.1) is 0 Å². The minimum Gasteiger partial charge on any atom is -0.480 e. The quantitative estimate of drug-likeness (QED) is 0.330. The number of nitrogen functional groups attached to an aromatic ring is 1. The third-order valence-corrected chi connectivity index (χ3v) is 7.03. The van der Waals surface area contributed by atoms with Gasteiger partial charge in [0, 0.05) is 42.5 Å². The number of halogens is 6. The van der Waals surface area contributed by atoms with Gasteiger partial charge in [-0.05, 0) is 25.1 Å². The Morgan fingerprint density at radius 1 is 1.17 bits per heavy atom. The number of fused-ring (bicyclic) bond motifs is 1. The molecular formula is C26H23F6N7O2. The first kappa shape index (κ1) is 28.1. The SMILES string of the molecule is COc1ncc(-c2cc(C(F)(F)F)c3c(N)ncnn23)cc1C(=O)N[C@@H]1CN([C@@H](C)c2ccc(F)cc2F)C[C@@H]1F. The van der Waals surface area contributed by atoms with Gasteiger partial charge < -0.3 is 15.8 Å². The second-order valence-electron chi connectivity index (χ2n) is 9.52. The Labute approximate surface area is 228 Å². The zero-order valence-electron chi connectivity index (χ0n) is 21.6. The first-order chi connectivity index (χ1) is 19.4. The van der Waals surface area contributed by atoms with E-state index in [4.69, 9.17) is 10.5 Å². The molecule has 5 rings (SSSR count). The number of methoxy groups -OCH3 is 1. The molecule has 0 radical (unpaired) electrons. The number of pyridine rings is 1. The number of alkyl halides is 4. The number of aromatic nitrogens is 4. The van der Waals surface area contributed by atoms with Crippen LogP contribution in [0.2, 0.25) is 0 Å². The molecule has 4 aromatic rings. The largest absolute Gasteiger partial charge is 0.480 e. The highest BCUT2D eigenvalue weighted by Crippen LogP contribution is 2.39. The van der Waals surface area contributed by atoms with Crippen LogP contribution in [-0.4, -0.2) is 62.8 Å². The number of amides is 1. The van der Waals surface area contributed by atoms with E-state index in [-0.39, 0.29) is 41.4 Å². The Hall–Kier alpha value is -4.40. The molecule has 1 aromatic carbocycles. The maximum absolute atomic E-state index is 15.0. The molecule has 0 spiro atoms. The smallest absolute Gasteiger partial charge is 0.418 e. The number of anilines is 1. The van der Waals surface area contributed by atoms with E-state index >= 15 is 4.39 Å². The lowest BCUT2D eigenvalue weighted by molar-refractivity contribution is -0.136. The van der Waals surface area contributed by atoms with Crippen LogP contribution in [0, 0.1) is 11.6 Å². The van der Waals surface area contributed by atoms with Crippen molar-refractivity contribution in [1.29, 1.82) is 0 Å². The highest BCUT2D eigenvalue weighted by molar-refractivity contribution is 5.98. The summed E-state index contributed by atoms with van der Waals surface area (Å²) in [5.41, 5.74) is 4.17. The maximum atomic E-state index is 15.0. The van der Waals surface area contributed by atoms with Gasteiger partial charge in [-0.25, -0.2) is 27.7 Å². The Kier molecular flexibility index (Phi) is 7.23. The molecule has 1 amide bonds. The van der Waals surface area contributed by atoms with E-state index in [1.165, 1.54) is 25.4 Å². The summed E-state index contributed by atoms with van der Waals surface area (Å²) >= 11 is 0. The van der Waals surface area contributed by atoms with Crippen LogP contribution in [0.15, 0.2) is 42.9 Å². The molecule has 1 saturated heterocycles. The number of carbonyl (C=O) groups is 1. The van der Waals surface area contributed by atoms with Crippen molar-refractivity contribution in [3.8, 4) is 17.1 Å². The number of ether oxygens (including phenoxy) is 1. The number of rotatable bonds is 6. The van der Waals surface area contributed by atoms with Crippen molar-refractivity contribution >= 4 is 17.2 Å². The fraction of sp³-hybridized carbons (Fsp3) is 0.308. The fourth-order valence-electron chi connectivity index (χ4n) is 4.94. The monoisotopic (exact) mass is 579 g/mol. The van der Waals surface area contributed by atoms with E-state index in [1.807, 2.05) is 0 Å². The zero-order valence-corrected chi connectivity index (χ0v) is 21.6. The highest BCUT2D eigenvalue weighted by Gasteiger charge is 2.39. The lowest BCUT2D eigenvalue weighted by Gasteiger charge is -2.25. The van der Waals surface area contributed by atoms with Crippen molar-refractivity contribution in [2.75, 3.05) is 25.9 Å².